The van der Waals surface area contributed by atoms with Crippen molar-refractivity contribution < 1.29 is 14.0 Å². The van der Waals surface area contributed by atoms with Gasteiger partial charge in [-0.2, -0.15) is 5.26 Å². The number of carbonyl (C=O) groups is 2. The van der Waals surface area contributed by atoms with Gasteiger partial charge in [-0.25, -0.2) is 0 Å². The molecule has 3 N–H and O–H groups in total. The molecule has 3 aromatic rings. The van der Waals surface area contributed by atoms with Crippen LogP contribution < -0.4 is 16.0 Å². The van der Waals surface area contributed by atoms with E-state index >= 15 is 0 Å². The predicted molar refractivity (Wildman–Crippen MR) is 156 cm³/mol. The quantitative estimate of drug-likeness (QED) is 0.315. The van der Waals surface area contributed by atoms with Gasteiger partial charge in [-0.15, -0.1) is 0 Å². The van der Waals surface area contributed by atoms with Crippen LogP contribution in [0.3, 0.4) is 0 Å². The number of allylic oxidation sites excluding steroid dienone is 2. The molecule has 0 aliphatic carbocycles. The second-order valence-corrected chi connectivity index (χ2v) is 10.8. The molecule has 39 heavy (non-hydrogen) atoms. The molecule has 0 fully saturated rings. The molecule has 0 saturated heterocycles. The van der Waals surface area contributed by atoms with E-state index in [1.54, 1.807) is 19.1 Å². The minimum atomic E-state index is -0.720. The third-order valence-electron chi connectivity index (χ3n) is 6.65. The number of thioether (sulfide) groups is 1. The fraction of sp³-hybridized carbons (Fsp3) is 0.258. The average molecular weight is 541 g/mol. The summed E-state index contributed by atoms with van der Waals surface area (Å²) in [6, 6.07) is 15.7. The predicted octanol–water partition coefficient (Wildman–Crippen LogP) is 6.53. The Bertz CT molecular complexity index is 1520. The normalized spacial score (nSPS) is 15.1. The van der Waals surface area contributed by atoms with Crippen molar-refractivity contribution in [2.24, 2.45) is 0 Å². The zero-order valence-electron chi connectivity index (χ0n) is 23.0. The molecule has 1 aromatic heterocycles. The summed E-state index contributed by atoms with van der Waals surface area (Å²) >= 11 is 1.22. The van der Waals surface area contributed by atoms with Crippen molar-refractivity contribution in [1.29, 1.82) is 5.26 Å². The van der Waals surface area contributed by atoms with E-state index in [0.29, 0.717) is 27.6 Å². The number of carbonyl (C=O) groups excluding carboxylic acids is 2. The SMILES string of the molecule is CC1=C(C(=O)Nc2c(C)cc(C)cc2C)C(c2ccco2)C(C#N)=C(SCC(=O)Nc2cc(C)ccc2C)N1. The first kappa shape index (κ1) is 27.8. The summed E-state index contributed by atoms with van der Waals surface area (Å²) in [4.78, 5) is 26.5. The van der Waals surface area contributed by atoms with E-state index in [0.717, 1.165) is 39.2 Å². The van der Waals surface area contributed by atoms with Gasteiger partial charge in [0.25, 0.3) is 5.91 Å². The van der Waals surface area contributed by atoms with Gasteiger partial charge in [-0.1, -0.05) is 41.6 Å². The number of nitrogens with one attached hydrogen (secondary N) is 3. The van der Waals surface area contributed by atoms with Crippen LogP contribution in [0.2, 0.25) is 0 Å². The fourth-order valence-electron chi connectivity index (χ4n) is 4.82. The Morgan fingerprint density at radius 1 is 0.974 bits per heavy atom. The summed E-state index contributed by atoms with van der Waals surface area (Å²) in [6.07, 6.45) is 1.52. The molecule has 7 nitrogen and oxygen atoms in total. The first-order valence-corrected chi connectivity index (χ1v) is 13.6. The summed E-state index contributed by atoms with van der Waals surface area (Å²) in [5, 5.41) is 20.0. The molecule has 1 atom stereocenters. The molecule has 4 rings (SSSR count). The molecular formula is C31H32N4O3S. The number of rotatable bonds is 7. The lowest BCUT2D eigenvalue weighted by Crippen LogP contribution is -2.31. The highest BCUT2D eigenvalue weighted by atomic mass is 32.2. The molecule has 1 aliphatic heterocycles. The second kappa shape index (κ2) is 11.7. The monoisotopic (exact) mass is 540 g/mol. The van der Waals surface area contributed by atoms with Gasteiger partial charge in [-0.05, 0) is 82.0 Å². The van der Waals surface area contributed by atoms with Gasteiger partial charge in [0.05, 0.1) is 40.2 Å². The highest BCUT2D eigenvalue weighted by Crippen LogP contribution is 2.41. The largest absolute Gasteiger partial charge is 0.468 e. The van der Waals surface area contributed by atoms with Gasteiger partial charge in [-0.3, -0.25) is 9.59 Å². The Hall–Kier alpha value is -4.22. The van der Waals surface area contributed by atoms with E-state index in [4.69, 9.17) is 4.42 Å². The van der Waals surface area contributed by atoms with Crippen LogP contribution in [0, 0.1) is 45.9 Å². The number of hydrogen-bond acceptors (Lipinski definition) is 6. The Kier molecular flexibility index (Phi) is 8.32. The summed E-state index contributed by atoms with van der Waals surface area (Å²) in [5.74, 6) is -0.663. The number of nitrogens with zero attached hydrogens (tertiary/aromatic N) is 1. The van der Waals surface area contributed by atoms with Crippen LogP contribution in [0.15, 0.2) is 75.0 Å². The Morgan fingerprint density at radius 3 is 2.33 bits per heavy atom. The Balaban J connectivity index is 1.61. The van der Waals surface area contributed by atoms with Crippen molar-refractivity contribution in [3.05, 3.63) is 104 Å². The lowest BCUT2D eigenvalue weighted by Gasteiger charge is -2.28. The molecule has 0 bridgehead atoms. The van der Waals surface area contributed by atoms with Crippen molar-refractivity contribution >= 4 is 35.0 Å². The number of anilines is 2. The highest BCUT2D eigenvalue weighted by Gasteiger charge is 2.36. The lowest BCUT2D eigenvalue weighted by molar-refractivity contribution is -0.114. The molecule has 0 radical (unpaired) electrons. The van der Waals surface area contributed by atoms with E-state index in [2.05, 4.69) is 22.0 Å². The van der Waals surface area contributed by atoms with Crippen LogP contribution in [0.5, 0.6) is 0 Å². The standard InChI is InChI=1S/C31H32N4O3S/c1-17-9-10-19(3)24(14-17)34-26(36)16-39-31-23(15-32)28(25-8-7-11-38-25)27(22(6)33-31)30(37)35-29-20(4)12-18(2)13-21(29)5/h7-14,28,33H,16H2,1-6H3,(H,34,36)(H,35,37). The summed E-state index contributed by atoms with van der Waals surface area (Å²) < 4.78 is 5.71. The van der Waals surface area contributed by atoms with E-state index < -0.39 is 5.92 Å². The van der Waals surface area contributed by atoms with Gasteiger partial charge in [0.1, 0.15) is 5.76 Å². The van der Waals surface area contributed by atoms with Gasteiger partial charge in [0, 0.05) is 17.1 Å². The molecule has 1 unspecified atom stereocenters. The zero-order chi connectivity index (χ0) is 28.3. The highest BCUT2D eigenvalue weighted by molar-refractivity contribution is 8.03. The summed E-state index contributed by atoms with van der Waals surface area (Å²) in [7, 11) is 0. The molecule has 0 spiro atoms. The van der Waals surface area contributed by atoms with Gasteiger partial charge < -0.3 is 20.4 Å². The number of amides is 2. The first-order valence-electron chi connectivity index (χ1n) is 12.6. The average Bonchev–Trinajstić information content (AvgIpc) is 3.41. The third kappa shape index (κ3) is 6.10. The number of nitriles is 1. The van der Waals surface area contributed by atoms with Crippen molar-refractivity contribution in [1.82, 2.24) is 5.32 Å². The van der Waals surface area contributed by atoms with Crippen LogP contribution in [-0.2, 0) is 9.59 Å². The van der Waals surface area contributed by atoms with Gasteiger partial charge in [0.2, 0.25) is 5.91 Å². The van der Waals surface area contributed by atoms with E-state index in [1.807, 2.05) is 65.0 Å². The lowest BCUT2D eigenvalue weighted by atomic mass is 9.85. The van der Waals surface area contributed by atoms with Crippen LogP contribution in [0.1, 0.15) is 46.4 Å². The zero-order valence-corrected chi connectivity index (χ0v) is 23.8. The molecule has 0 saturated carbocycles. The third-order valence-corrected chi connectivity index (χ3v) is 7.67. The van der Waals surface area contributed by atoms with Gasteiger partial charge >= 0.3 is 0 Å². The molecule has 2 aromatic carbocycles. The number of dihydropyridines is 1. The van der Waals surface area contributed by atoms with Crippen LogP contribution in [0.25, 0.3) is 0 Å². The van der Waals surface area contributed by atoms with E-state index in [9.17, 15) is 14.9 Å². The van der Waals surface area contributed by atoms with Crippen LogP contribution >= 0.6 is 11.8 Å². The number of hydrogen-bond donors (Lipinski definition) is 3. The van der Waals surface area contributed by atoms with Crippen molar-refractivity contribution in [2.45, 2.75) is 47.5 Å². The summed E-state index contributed by atoms with van der Waals surface area (Å²) in [6.45, 7) is 11.6. The minimum absolute atomic E-state index is 0.0857. The van der Waals surface area contributed by atoms with Crippen molar-refractivity contribution in [3.63, 3.8) is 0 Å². The number of aryl methyl sites for hydroxylation is 5. The van der Waals surface area contributed by atoms with Crippen LogP contribution in [0.4, 0.5) is 11.4 Å². The molecule has 8 heteroatoms. The summed E-state index contributed by atoms with van der Waals surface area (Å²) in [5.41, 5.74) is 7.87. The maximum Gasteiger partial charge on any atom is 0.254 e. The Morgan fingerprint density at radius 2 is 1.69 bits per heavy atom. The first-order chi connectivity index (χ1) is 18.6. The van der Waals surface area contributed by atoms with Crippen molar-refractivity contribution in [3.8, 4) is 6.07 Å². The topological polar surface area (TPSA) is 107 Å². The number of furan rings is 1. The minimum Gasteiger partial charge on any atom is -0.468 e. The molecular weight excluding hydrogens is 508 g/mol. The number of benzene rings is 2. The van der Waals surface area contributed by atoms with E-state index in [-0.39, 0.29) is 17.6 Å². The molecule has 2 heterocycles. The van der Waals surface area contributed by atoms with Gasteiger partial charge in [0.15, 0.2) is 0 Å². The van der Waals surface area contributed by atoms with Crippen LogP contribution in [-0.4, -0.2) is 17.6 Å². The molecule has 200 valence electrons. The smallest absolute Gasteiger partial charge is 0.254 e. The Labute approximate surface area is 233 Å². The van der Waals surface area contributed by atoms with Crippen molar-refractivity contribution in [2.75, 3.05) is 16.4 Å². The molecule has 2 amide bonds. The molecule has 1 aliphatic rings. The second-order valence-electron chi connectivity index (χ2n) is 9.85. The fourth-order valence-corrected chi connectivity index (χ4v) is 5.71. The maximum atomic E-state index is 13.7. The maximum absolute atomic E-state index is 13.7. The van der Waals surface area contributed by atoms with E-state index in [1.165, 1.54) is 18.0 Å².